The second kappa shape index (κ2) is 9.77. The maximum absolute atomic E-state index is 11.8. The van der Waals surface area contributed by atoms with Gasteiger partial charge >= 0.3 is 0 Å². The summed E-state index contributed by atoms with van der Waals surface area (Å²) in [6, 6.07) is 7.84. The number of methoxy groups -OCH3 is 1. The Bertz CT molecular complexity index is 406. The molecule has 1 amide bonds. The van der Waals surface area contributed by atoms with Crippen molar-refractivity contribution in [1.82, 2.24) is 5.32 Å². The summed E-state index contributed by atoms with van der Waals surface area (Å²) in [4.78, 5) is 11.8. The number of carbonyl (C=O) groups is 1. The Kier molecular flexibility index (Phi) is 8.30. The van der Waals surface area contributed by atoms with Crippen LogP contribution in [0.15, 0.2) is 24.3 Å². The molecule has 0 bridgehead atoms. The lowest BCUT2D eigenvalue weighted by molar-refractivity contribution is -0.122. The predicted octanol–water partition coefficient (Wildman–Crippen LogP) is 2.68. The zero-order chi connectivity index (χ0) is 14.8. The molecule has 0 radical (unpaired) electrons. The third-order valence-electron chi connectivity index (χ3n) is 2.78. The van der Waals surface area contributed by atoms with Gasteiger partial charge in [-0.2, -0.15) is 0 Å². The fraction of sp³-hybridized carbons (Fsp3) is 0.533. The van der Waals surface area contributed by atoms with Crippen molar-refractivity contribution in [2.45, 2.75) is 25.8 Å². The van der Waals surface area contributed by atoms with Gasteiger partial charge in [0.25, 0.3) is 0 Å². The molecule has 1 rings (SSSR count). The van der Waals surface area contributed by atoms with Gasteiger partial charge in [-0.3, -0.25) is 4.79 Å². The van der Waals surface area contributed by atoms with E-state index in [0.717, 1.165) is 23.1 Å². The van der Waals surface area contributed by atoms with E-state index in [4.69, 9.17) is 9.47 Å². The van der Waals surface area contributed by atoms with Gasteiger partial charge in [0.2, 0.25) is 5.91 Å². The third-order valence-corrected chi connectivity index (χ3v) is 3.24. The van der Waals surface area contributed by atoms with Crippen LogP contribution in [0.5, 0.6) is 5.75 Å². The van der Waals surface area contributed by atoms with Crippen molar-refractivity contribution in [2.75, 3.05) is 25.7 Å². The second-order valence-electron chi connectivity index (χ2n) is 4.61. The molecule has 0 heterocycles. The number of hydrogen-bond donors (Lipinski definition) is 1. The van der Waals surface area contributed by atoms with Crippen molar-refractivity contribution >= 4 is 21.8 Å². The first kappa shape index (κ1) is 17.0. The number of alkyl halides is 1. The molecule has 0 aliphatic heterocycles. The number of rotatable bonds is 9. The molecule has 0 saturated carbocycles. The van der Waals surface area contributed by atoms with Crippen molar-refractivity contribution in [3.8, 4) is 5.75 Å². The Labute approximate surface area is 129 Å². The molecule has 1 aromatic carbocycles. The van der Waals surface area contributed by atoms with Crippen molar-refractivity contribution in [3.63, 3.8) is 0 Å². The van der Waals surface area contributed by atoms with Crippen LogP contribution in [0, 0.1) is 6.92 Å². The molecule has 0 aliphatic rings. The third kappa shape index (κ3) is 6.91. The normalized spacial score (nSPS) is 11.9. The van der Waals surface area contributed by atoms with Crippen molar-refractivity contribution in [1.29, 1.82) is 0 Å². The van der Waals surface area contributed by atoms with Crippen molar-refractivity contribution < 1.29 is 14.3 Å². The smallest absolute Gasteiger partial charge is 0.223 e. The van der Waals surface area contributed by atoms with E-state index in [-0.39, 0.29) is 11.9 Å². The van der Waals surface area contributed by atoms with E-state index in [1.807, 2.05) is 31.2 Å². The molecule has 112 valence electrons. The molecule has 4 nitrogen and oxygen atoms in total. The van der Waals surface area contributed by atoms with Crippen LogP contribution < -0.4 is 10.1 Å². The van der Waals surface area contributed by atoms with Gasteiger partial charge < -0.3 is 14.8 Å². The standard InChI is InChI=1S/C15H22BrNO3/c1-12-4-3-5-14(10-12)20-9-7-15(18)17-13(6-8-16)11-19-2/h3-5,10,13H,6-9,11H2,1-2H3,(H,17,18). The Morgan fingerprint density at radius 1 is 1.45 bits per heavy atom. The van der Waals surface area contributed by atoms with Crippen molar-refractivity contribution in [2.24, 2.45) is 0 Å². The van der Waals surface area contributed by atoms with Crippen LogP contribution in [0.4, 0.5) is 0 Å². The number of hydrogen-bond acceptors (Lipinski definition) is 3. The summed E-state index contributed by atoms with van der Waals surface area (Å²) in [5, 5.41) is 3.78. The highest BCUT2D eigenvalue weighted by atomic mass is 79.9. The molecular weight excluding hydrogens is 322 g/mol. The predicted molar refractivity (Wildman–Crippen MR) is 83.5 cm³/mol. The van der Waals surface area contributed by atoms with Gasteiger partial charge in [0, 0.05) is 12.4 Å². The zero-order valence-electron chi connectivity index (χ0n) is 12.0. The molecule has 0 aromatic heterocycles. The van der Waals surface area contributed by atoms with E-state index in [2.05, 4.69) is 21.2 Å². The molecule has 1 aromatic rings. The monoisotopic (exact) mass is 343 g/mol. The Morgan fingerprint density at radius 3 is 2.90 bits per heavy atom. The van der Waals surface area contributed by atoms with Crippen LogP contribution in [0.2, 0.25) is 0 Å². The molecular formula is C15H22BrNO3. The highest BCUT2D eigenvalue weighted by Gasteiger charge is 2.11. The molecule has 0 spiro atoms. The number of aryl methyl sites for hydroxylation is 1. The molecule has 0 fully saturated rings. The summed E-state index contributed by atoms with van der Waals surface area (Å²) in [5.74, 6) is 0.785. The lowest BCUT2D eigenvalue weighted by Gasteiger charge is -2.16. The molecule has 20 heavy (non-hydrogen) atoms. The summed E-state index contributed by atoms with van der Waals surface area (Å²) in [6.45, 7) is 2.91. The van der Waals surface area contributed by atoms with E-state index in [1.54, 1.807) is 7.11 Å². The lowest BCUT2D eigenvalue weighted by atomic mass is 10.2. The summed E-state index contributed by atoms with van der Waals surface area (Å²) in [7, 11) is 1.63. The Balaban J connectivity index is 2.28. The van der Waals surface area contributed by atoms with Gasteiger partial charge in [-0.1, -0.05) is 28.1 Å². The molecule has 5 heteroatoms. The Morgan fingerprint density at radius 2 is 2.25 bits per heavy atom. The van der Waals surface area contributed by atoms with Crippen LogP contribution in [0.1, 0.15) is 18.4 Å². The van der Waals surface area contributed by atoms with E-state index in [0.29, 0.717) is 19.6 Å². The van der Waals surface area contributed by atoms with E-state index >= 15 is 0 Å². The van der Waals surface area contributed by atoms with Crippen LogP contribution in [0.25, 0.3) is 0 Å². The van der Waals surface area contributed by atoms with E-state index in [9.17, 15) is 4.79 Å². The largest absolute Gasteiger partial charge is 0.493 e. The minimum atomic E-state index is -0.0133. The average molecular weight is 344 g/mol. The number of amides is 1. The SMILES string of the molecule is COCC(CCBr)NC(=O)CCOc1cccc(C)c1. The number of ether oxygens (including phenoxy) is 2. The topological polar surface area (TPSA) is 47.6 Å². The van der Waals surface area contributed by atoms with Crippen LogP contribution in [-0.2, 0) is 9.53 Å². The number of carbonyl (C=O) groups excluding carboxylic acids is 1. The summed E-state index contributed by atoms with van der Waals surface area (Å²) in [6.07, 6.45) is 1.19. The van der Waals surface area contributed by atoms with Gasteiger partial charge in [-0.25, -0.2) is 0 Å². The summed E-state index contributed by atoms with van der Waals surface area (Å²) in [5.41, 5.74) is 1.14. The Hall–Kier alpha value is -1.07. The highest BCUT2D eigenvalue weighted by molar-refractivity contribution is 9.09. The van der Waals surface area contributed by atoms with E-state index in [1.165, 1.54) is 0 Å². The highest BCUT2D eigenvalue weighted by Crippen LogP contribution is 2.12. The molecule has 1 unspecified atom stereocenters. The molecule has 1 atom stereocenters. The minimum Gasteiger partial charge on any atom is -0.493 e. The lowest BCUT2D eigenvalue weighted by Crippen LogP contribution is -2.38. The van der Waals surface area contributed by atoms with E-state index < -0.39 is 0 Å². The fourth-order valence-electron chi connectivity index (χ4n) is 1.80. The quantitative estimate of drug-likeness (QED) is 0.701. The van der Waals surface area contributed by atoms with Crippen LogP contribution in [-0.4, -0.2) is 37.6 Å². The average Bonchev–Trinajstić information content (AvgIpc) is 2.39. The first-order chi connectivity index (χ1) is 9.65. The first-order valence-corrected chi connectivity index (χ1v) is 7.81. The van der Waals surface area contributed by atoms with Crippen LogP contribution >= 0.6 is 15.9 Å². The summed E-state index contributed by atoms with van der Waals surface area (Å²) >= 11 is 3.37. The molecule has 1 N–H and O–H groups in total. The van der Waals surface area contributed by atoms with Gasteiger partial charge in [-0.15, -0.1) is 0 Å². The number of nitrogens with one attached hydrogen (secondary N) is 1. The number of halogens is 1. The van der Waals surface area contributed by atoms with Gasteiger partial charge in [-0.05, 0) is 31.0 Å². The van der Waals surface area contributed by atoms with Gasteiger partial charge in [0.1, 0.15) is 5.75 Å². The molecule has 0 saturated heterocycles. The maximum atomic E-state index is 11.8. The van der Waals surface area contributed by atoms with Gasteiger partial charge in [0.15, 0.2) is 0 Å². The second-order valence-corrected chi connectivity index (χ2v) is 5.41. The minimum absolute atomic E-state index is 0.0133. The summed E-state index contributed by atoms with van der Waals surface area (Å²) < 4.78 is 10.6. The van der Waals surface area contributed by atoms with Crippen LogP contribution in [0.3, 0.4) is 0 Å². The zero-order valence-corrected chi connectivity index (χ0v) is 13.6. The maximum Gasteiger partial charge on any atom is 0.223 e. The van der Waals surface area contributed by atoms with Gasteiger partial charge in [0.05, 0.1) is 25.7 Å². The number of benzene rings is 1. The first-order valence-electron chi connectivity index (χ1n) is 6.69. The molecule has 0 aliphatic carbocycles. The fourth-order valence-corrected chi connectivity index (χ4v) is 2.35. The van der Waals surface area contributed by atoms with Crippen molar-refractivity contribution in [3.05, 3.63) is 29.8 Å².